The molecule has 1 saturated heterocycles. The summed E-state index contributed by atoms with van der Waals surface area (Å²) in [6, 6.07) is 18.1. The maximum Gasteiger partial charge on any atom is 0.314 e. The molecule has 3 rings (SSSR count). The van der Waals surface area contributed by atoms with Crippen LogP contribution in [0.4, 0.5) is 0 Å². The molecule has 0 atom stereocenters. The van der Waals surface area contributed by atoms with Crippen molar-refractivity contribution in [3.05, 3.63) is 66.2 Å². The summed E-state index contributed by atoms with van der Waals surface area (Å²) in [5.41, 5.74) is -0.226. The number of hydrogen-bond acceptors (Lipinski definition) is 4. The number of likely N-dealkylation sites (tertiary alicyclic amines) is 1. The van der Waals surface area contributed by atoms with Gasteiger partial charge in [0.25, 0.3) is 5.91 Å². The van der Waals surface area contributed by atoms with Gasteiger partial charge in [0, 0.05) is 13.1 Å². The smallest absolute Gasteiger partial charge is 0.314 e. The van der Waals surface area contributed by atoms with Crippen LogP contribution in [-0.4, -0.2) is 54.0 Å². The largest absolute Gasteiger partial charge is 0.484 e. The Morgan fingerprint density at radius 1 is 0.966 bits per heavy atom. The molecule has 29 heavy (non-hydrogen) atoms. The molecule has 1 heterocycles. The molecule has 1 fully saturated rings. The number of piperidine rings is 1. The number of carboxylic acid groups (broad SMARTS) is 1. The normalized spacial score (nSPS) is 15.4. The highest BCUT2D eigenvalue weighted by Crippen LogP contribution is 2.35. The van der Waals surface area contributed by atoms with Crippen molar-refractivity contribution in [2.75, 3.05) is 26.2 Å². The van der Waals surface area contributed by atoms with E-state index in [9.17, 15) is 19.5 Å². The van der Waals surface area contributed by atoms with Gasteiger partial charge in [-0.2, -0.15) is 0 Å². The zero-order valence-electron chi connectivity index (χ0n) is 16.0. The van der Waals surface area contributed by atoms with Crippen LogP contribution in [0.3, 0.4) is 0 Å². The number of carbonyl (C=O) groups is 3. The van der Waals surface area contributed by atoms with Crippen LogP contribution in [0.15, 0.2) is 60.7 Å². The highest BCUT2D eigenvalue weighted by atomic mass is 16.5. The van der Waals surface area contributed by atoms with Crippen LogP contribution in [0.1, 0.15) is 18.4 Å². The molecule has 2 aromatic carbocycles. The van der Waals surface area contributed by atoms with Gasteiger partial charge in [-0.1, -0.05) is 48.5 Å². The predicted octanol–water partition coefficient (Wildman–Crippen LogP) is 1.83. The molecule has 0 aromatic heterocycles. The molecule has 7 heteroatoms. The van der Waals surface area contributed by atoms with Gasteiger partial charge in [-0.25, -0.2) is 0 Å². The number of carbonyl (C=O) groups excluding carboxylic acids is 2. The zero-order valence-corrected chi connectivity index (χ0v) is 16.0. The highest BCUT2D eigenvalue weighted by Gasteiger charge is 2.43. The van der Waals surface area contributed by atoms with Crippen LogP contribution in [-0.2, 0) is 19.8 Å². The quantitative estimate of drug-likeness (QED) is 0.744. The Hall–Kier alpha value is -3.35. The summed E-state index contributed by atoms with van der Waals surface area (Å²) in [6.45, 7) is 0.350. The van der Waals surface area contributed by atoms with Crippen molar-refractivity contribution in [3.8, 4) is 5.75 Å². The fourth-order valence-corrected chi connectivity index (χ4v) is 3.52. The van der Waals surface area contributed by atoms with E-state index in [-0.39, 0.29) is 25.0 Å². The van der Waals surface area contributed by atoms with E-state index in [1.165, 1.54) is 0 Å². The molecule has 0 bridgehead atoms. The number of aliphatic carboxylic acids is 1. The Balaban J connectivity index is 1.48. The van der Waals surface area contributed by atoms with Crippen molar-refractivity contribution in [1.29, 1.82) is 0 Å². The lowest BCUT2D eigenvalue weighted by Gasteiger charge is -2.39. The summed E-state index contributed by atoms with van der Waals surface area (Å²) < 4.78 is 5.35. The SMILES string of the molecule is O=C(COc1ccccc1)NCC(=O)N1CCC(C(=O)O)(c2ccccc2)CC1. The second-order valence-corrected chi connectivity index (χ2v) is 7.01. The Bertz CT molecular complexity index is 846. The first kappa shape index (κ1) is 20.4. The van der Waals surface area contributed by atoms with Crippen molar-refractivity contribution in [3.63, 3.8) is 0 Å². The van der Waals surface area contributed by atoms with Crippen molar-refractivity contribution in [1.82, 2.24) is 10.2 Å². The van der Waals surface area contributed by atoms with Gasteiger partial charge >= 0.3 is 5.97 Å². The van der Waals surface area contributed by atoms with E-state index < -0.39 is 11.4 Å². The maximum absolute atomic E-state index is 12.4. The molecular weight excluding hydrogens is 372 g/mol. The molecule has 0 saturated carbocycles. The number of rotatable bonds is 7. The number of nitrogens with zero attached hydrogens (tertiary/aromatic N) is 1. The zero-order chi connectivity index (χ0) is 20.7. The Kier molecular flexibility index (Phi) is 6.49. The molecule has 2 amide bonds. The van der Waals surface area contributed by atoms with E-state index in [1.807, 2.05) is 36.4 Å². The third kappa shape index (κ3) is 4.93. The summed E-state index contributed by atoms with van der Waals surface area (Å²) >= 11 is 0. The van der Waals surface area contributed by atoms with Crippen LogP contribution in [0.5, 0.6) is 5.75 Å². The first-order chi connectivity index (χ1) is 14.0. The number of benzene rings is 2. The Morgan fingerprint density at radius 3 is 2.14 bits per heavy atom. The van der Waals surface area contributed by atoms with E-state index in [0.717, 1.165) is 5.56 Å². The van der Waals surface area contributed by atoms with Gasteiger partial charge in [0.2, 0.25) is 5.91 Å². The van der Waals surface area contributed by atoms with Crippen molar-refractivity contribution in [2.24, 2.45) is 0 Å². The lowest BCUT2D eigenvalue weighted by Crippen LogP contribution is -2.51. The summed E-state index contributed by atoms with van der Waals surface area (Å²) in [5.74, 6) is -0.911. The second-order valence-electron chi connectivity index (χ2n) is 7.01. The molecule has 2 aromatic rings. The minimum absolute atomic E-state index is 0.137. The van der Waals surface area contributed by atoms with E-state index in [2.05, 4.69) is 5.32 Å². The Morgan fingerprint density at radius 2 is 1.55 bits per heavy atom. The molecule has 152 valence electrons. The van der Waals surface area contributed by atoms with E-state index in [4.69, 9.17) is 4.74 Å². The molecule has 1 aliphatic heterocycles. The van der Waals surface area contributed by atoms with Crippen molar-refractivity contribution < 1.29 is 24.2 Å². The van der Waals surface area contributed by atoms with Gasteiger partial charge in [0.15, 0.2) is 6.61 Å². The number of nitrogens with one attached hydrogen (secondary N) is 1. The number of carboxylic acids is 1. The van der Waals surface area contributed by atoms with E-state index in [1.54, 1.807) is 29.2 Å². The summed E-state index contributed by atoms with van der Waals surface area (Å²) in [7, 11) is 0. The minimum Gasteiger partial charge on any atom is -0.484 e. The van der Waals surface area contributed by atoms with E-state index >= 15 is 0 Å². The molecular formula is C22H24N2O5. The molecule has 0 radical (unpaired) electrons. The average molecular weight is 396 g/mol. The van der Waals surface area contributed by atoms with Gasteiger partial charge < -0.3 is 20.1 Å². The number of amides is 2. The molecule has 0 spiro atoms. The second kappa shape index (κ2) is 9.23. The van der Waals surface area contributed by atoms with Gasteiger partial charge in [-0.3, -0.25) is 14.4 Å². The standard InChI is InChI=1S/C22H24N2O5/c25-19(16-29-18-9-5-2-6-10-18)23-15-20(26)24-13-11-22(12-14-24,21(27)28)17-7-3-1-4-8-17/h1-10H,11-16H2,(H,23,25)(H,27,28). The first-order valence-corrected chi connectivity index (χ1v) is 9.52. The first-order valence-electron chi connectivity index (χ1n) is 9.52. The van der Waals surface area contributed by atoms with Crippen molar-refractivity contribution in [2.45, 2.75) is 18.3 Å². The topological polar surface area (TPSA) is 95.9 Å². The third-order valence-electron chi connectivity index (χ3n) is 5.26. The van der Waals surface area contributed by atoms with Gasteiger partial charge in [0.1, 0.15) is 5.75 Å². The fourth-order valence-electron chi connectivity index (χ4n) is 3.52. The van der Waals surface area contributed by atoms with Crippen molar-refractivity contribution >= 4 is 17.8 Å². The maximum atomic E-state index is 12.4. The lowest BCUT2D eigenvalue weighted by molar-refractivity contribution is -0.148. The molecule has 0 unspecified atom stereocenters. The minimum atomic E-state index is -0.981. The van der Waals surface area contributed by atoms with Crippen LogP contribution in [0, 0.1) is 0 Å². The number of ether oxygens (including phenoxy) is 1. The molecule has 2 N–H and O–H groups in total. The summed E-state index contributed by atoms with van der Waals surface area (Å²) in [6.07, 6.45) is 0.673. The average Bonchev–Trinajstić information content (AvgIpc) is 2.77. The molecule has 0 aliphatic carbocycles. The van der Waals surface area contributed by atoms with Crippen LogP contribution in [0.25, 0.3) is 0 Å². The highest BCUT2D eigenvalue weighted by molar-refractivity contribution is 5.86. The summed E-state index contributed by atoms with van der Waals surface area (Å²) in [4.78, 5) is 37.9. The van der Waals surface area contributed by atoms with E-state index in [0.29, 0.717) is 31.7 Å². The predicted molar refractivity (Wildman–Crippen MR) is 107 cm³/mol. The number of para-hydroxylation sites is 1. The van der Waals surface area contributed by atoms with Crippen LogP contribution >= 0.6 is 0 Å². The van der Waals surface area contributed by atoms with Gasteiger partial charge in [-0.15, -0.1) is 0 Å². The Labute approximate surface area is 169 Å². The summed E-state index contributed by atoms with van der Waals surface area (Å²) in [5, 5.41) is 12.4. The number of hydrogen-bond donors (Lipinski definition) is 2. The van der Waals surface area contributed by atoms with Gasteiger partial charge in [0.05, 0.1) is 12.0 Å². The molecule has 7 nitrogen and oxygen atoms in total. The third-order valence-corrected chi connectivity index (χ3v) is 5.26. The van der Waals surface area contributed by atoms with Gasteiger partial charge in [-0.05, 0) is 30.5 Å². The van der Waals surface area contributed by atoms with Crippen LogP contribution < -0.4 is 10.1 Å². The molecule has 1 aliphatic rings. The monoisotopic (exact) mass is 396 g/mol. The fraction of sp³-hybridized carbons (Fsp3) is 0.318. The van der Waals surface area contributed by atoms with Crippen LogP contribution in [0.2, 0.25) is 0 Å². The lowest BCUT2D eigenvalue weighted by atomic mass is 9.73.